The molecule has 0 radical (unpaired) electrons. The van der Waals surface area contributed by atoms with Gasteiger partial charge in [-0.25, -0.2) is 0 Å². The van der Waals surface area contributed by atoms with Gasteiger partial charge in [-0.2, -0.15) is 0 Å². The molecule has 0 fully saturated rings. The summed E-state index contributed by atoms with van der Waals surface area (Å²) in [5.41, 5.74) is 3.10. The minimum absolute atomic E-state index is 0.169. The van der Waals surface area contributed by atoms with E-state index in [1.165, 1.54) is 0 Å². The first-order chi connectivity index (χ1) is 16.2. The number of rotatable bonds is 6. The van der Waals surface area contributed by atoms with Crippen LogP contribution in [0.25, 0.3) is 10.8 Å². The maximum absolute atomic E-state index is 14.8. The smallest absolute Gasteiger partial charge is 0.159 e. The Bertz CT molecular complexity index is 1270. The third-order valence-electron chi connectivity index (χ3n) is 6.67. The van der Waals surface area contributed by atoms with Gasteiger partial charge < -0.3 is 0 Å². The summed E-state index contributed by atoms with van der Waals surface area (Å²) in [7, 11) is 0. The molecule has 1 atom stereocenters. The molecule has 0 heterocycles. The maximum atomic E-state index is 14.8. The van der Waals surface area contributed by atoms with Crippen molar-refractivity contribution in [2.75, 3.05) is 0 Å². The Kier molecular flexibility index (Phi) is 5.62. The second-order valence-electron chi connectivity index (χ2n) is 8.50. The second kappa shape index (κ2) is 8.88. The lowest BCUT2D eigenvalue weighted by Gasteiger charge is -2.37. The molecule has 0 saturated carbocycles. The quantitative estimate of drug-likeness (QED) is 0.256. The number of hydrogen-bond donors (Lipinski definition) is 0. The van der Waals surface area contributed by atoms with Gasteiger partial charge in [-0.1, -0.05) is 140 Å². The first-order valence-corrected chi connectivity index (χ1v) is 11.4. The van der Waals surface area contributed by atoms with E-state index in [0.717, 1.165) is 33.0 Å². The number of fused-ring (bicyclic) bond motifs is 1. The van der Waals surface area contributed by atoms with Crippen molar-refractivity contribution >= 4 is 16.6 Å². The van der Waals surface area contributed by atoms with Crippen LogP contribution >= 0.6 is 0 Å². The van der Waals surface area contributed by atoms with Gasteiger partial charge >= 0.3 is 0 Å². The van der Waals surface area contributed by atoms with E-state index in [0.29, 0.717) is 0 Å². The van der Waals surface area contributed by atoms with E-state index in [1.807, 2.05) is 73.7 Å². The Labute approximate surface area is 195 Å². The van der Waals surface area contributed by atoms with E-state index in [9.17, 15) is 4.79 Å². The van der Waals surface area contributed by atoms with Crippen LogP contribution in [0.5, 0.6) is 0 Å². The maximum Gasteiger partial charge on any atom is 0.159 e. The molecule has 1 unspecified atom stereocenters. The van der Waals surface area contributed by atoms with Crippen LogP contribution in [0.4, 0.5) is 0 Å². The highest BCUT2D eigenvalue weighted by molar-refractivity contribution is 6.04. The van der Waals surface area contributed by atoms with Crippen molar-refractivity contribution in [2.24, 2.45) is 0 Å². The fourth-order valence-corrected chi connectivity index (χ4v) is 5.09. The molecule has 0 aromatic heterocycles. The van der Waals surface area contributed by atoms with Gasteiger partial charge in [0.05, 0.1) is 0 Å². The van der Waals surface area contributed by atoms with Crippen LogP contribution in [0.1, 0.15) is 35.1 Å². The second-order valence-corrected chi connectivity index (χ2v) is 8.50. The van der Waals surface area contributed by atoms with E-state index < -0.39 is 5.41 Å². The standard InChI is InChI=1S/C32H26O/c1-24(29-23-13-15-25-14-11-12-22-30(25)29)31(33)32(26-16-5-2-6-17-26,27-18-7-3-8-19-27)28-20-9-4-10-21-28/h2-24H,1H3. The number of Topliss-reactive ketones (excluding diaryl/α,β-unsaturated/α-hetero) is 1. The number of carbonyl (C=O) groups is 1. The molecule has 5 aromatic rings. The molecule has 1 nitrogen and oxygen atoms in total. The summed E-state index contributed by atoms with van der Waals surface area (Å²) in [6.07, 6.45) is 0. The molecule has 0 aliphatic heterocycles. The summed E-state index contributed by atoms with van der Waals surface area (Å²) in [6.45, 7) is 2.05. The Morgan fingerprint density at radius 1 is 0.545 bits per heavy atom. The molecule has 5 aromatic carbocycles. The monoisotopic (exact) mass is 426 g/mol. The zero-order valence-electron chi connectivity index (χ0n) is 18.7. The van der Waals surface area contributed by atoms with Gasteiger partial charge in [-0.05, 0) is 33.0 Å². The van der Waals surface area contributed by atoms with Crippen LogP contribution < -0.4 is 0 Å². The minimum Gasteiger partial charge on any atom is -0.297 e. The van der Waals surface area contributed by atoms with Gasteiger partial charge in [0, 0.05) is 5.92 Å². The largest absolute Gasteiger partial charge is 0.297 e. The predicted molar refractivity (Wildman–Crippen MR) is 137 cm³/mol. The van der Waals surface area contributed by atoms with Crippen LogP contribution in [0.2, 0.25) is 0 Å². The molecule has 33 heavy (non-hydrogen) atoms. The number of benzene rings is 5. The van der Waals surface area contributed by atoms with Crippen molar-refractivity contribution in [1.29, 1.82) is 0 Å². The van der Waals surface area contributed by atoms with Crippen LogP contribution in [0.15, 0.2) is 133 Å². The highest BCUT2D eigenvalue weighted by atomic mass is 16.1. The summed E-state index contributed by atoms with van der Waals surface area (Å²) in [6, 6.07) is 45.1. The lowest BCUT2D eigenvalue weighted by molar-refractivity contribution is -0.123. The molecule has 0 saturated heterocycles. The number of ketones is 1. The van der Waals surface area contributed by atoms with Crippen LogP contribution in [-0.2, 0) is 10.2 Å². The third kappa shape index (κ3) is 3.56. The Morgan fingerprint density at radius 2 is 0.970 bits per heavy atom. The first-order valence-electron chi connectivity index (χ1n) is 11.4. The molecule has 0 spiro atoms. The fraction of sp³-hybridized carbons (Fsp3) is 0.0938. The topological polar surface area (TPSA) is 17.1 Å². The van der Waals surface area contributed by atoms with Crippen molar-refractivity contribution in [3.05, 3.63) is 156 Å². The van der Waals surface area contributed by atoms with E-state index in [4.69, 9.17) is 0 Å². The SMILES string of the molecule is CC(C(=O)C(c1ccccc1)(c1ccccc1)c1ccccc1)c1cccc2ccccc12. The molecule has 1 heteroatoms. The van der Waals surface area contributed by atoms with Crippen LogP contribution in [-0.4, -0.2) is 5.78 Å². The minimum atomic E-state index is -0.917. The summed E-state index contributed by atoms with van der Waals surface area (Å²) in [5, 5.41) is 2.28. The normalized spacial score (nSPS) is 12.4. The molecule has 0 bridgehead atoms. The first kappa shape index (κ1) is 20.9. The number of carbonyl (C=O) groups excluding carboxylic acids is 1. The lowest BCUT2D eigenvalue weighted by Crippen LogP contribution is -2.41. The lowest BCUT2D eigenvalue weighted by atomic mass is 9.63. The molecular formula is C32H26O. The Hall–Kier alpha value is -3.97. The Morgan fingerprint density at radius 3 is 1.48 bits per heavy atom. The summed E-state index contributed by atoms with van der Waals surface area (Å²) in [4.78, 5) is 14.8. The number of hydrogen-bond acceptors (Lipinski definition) is 1. The zero-order valence-corrected chi connectivity index (χ0v) is 18.7. The molecule has 0 N–H and O–H groups in total. The van der Waals surface area contributed by atoms with Crippen LogP contribution in [0.3, 0.4) is 0 Å². The van der Waals surface area contributed by atoms with Crippen LogP contribution in [0, 0.1) is 0 Å². The van der Waals surface area contributed by atoms with Crippen molar-refractivity contribution < 1.29 is 4.79 Å². The Balaban J connectivity index is 1.80. The fourth-order valence-electron chi connectivity index (χ4n) is 5.09. The van der Waals surface area contributed by atoms with Crippen molar-refractivity contribution in [2.45, 2.75) is 18.3 Å². The van der Waals surface area contributed by atoms with Gasteiger partial charge in [0.25, 0.3) is 0 Å². The van der Waals surface area contributed by atoms with Gasteiger partial charge in [-0.15, -0.1) is 0 Å². The third-order valence-corrected chi connectivity index (χ3v) is 6.67. The van der Waals surface area contributed by atoms with Crippen molar-refractivity contribution in [1.82, 2.24) is 0 Å². The molecular weight excluding hydrogens is 400 g/mol. The van der Waals surface area contributed by atoms with Crippen molar-refractivity contribution in [3.63, 3.8) is 0 Å². The summed E-state index contributed by atoms with van der Waals surface area (Å²) >= 11 is 0. The van der Waals surface area contributed by atoms with E-state index >= 15 is 0 Å². The highest BCUT2D eigenvalue weighted by Gasteiger charge is 2.45. The van der Waals surface area contributed by atoms with Crippen molar-refractivity contribution in [3.8, 4) is 0 Å². The predicted octanol–water partition coefficient (Wildman–Crippen LogP) is 7.55. The summed E-state index contributed by atoms with van der Waals surface area (Å²) < 4.78 is 0. The van der Waals surface area contributed by atoms with Gasteiger partial charge in [-0.3, -0.25) is 4.79 Å². The average Bonchev–Trinajstić information content (AvgIpc) is 2.90. The van der Waals surface area contributed by atoms with Gasteiger partial charge in [0.15, 0.2) is 5.78 Å². The molecule has 0 aliphatic carbocycles. The average molecular weight is 427 g/mol. The van der Waals surface area contributed by atoms with E-state index in [1.54, 1.807) is 0 Å². The van der Waals surface area contributed by atoms with Gasteiger partial charge in [0.2, 0.25) is 0 Å². The van der Waals surface area contributed by atoms with E-state index in [2.05, 4.69) is 66.7 Å². The summed E-state index contributed by atoms with van der Waals surface area (Å²) in [5.74, 6) is -0.140. The molecule has 0 amide bonds. The molecule has 160 valence electrons. The van der Waals surface area contributed by atoms with Gasteiger partial charge in [0.1, 0.15) is 5.41 Å². The van der Waals surface area contributed by atoms with E-state index in [-0.39, 0.29) is 11.7 Å². The highest BCUT2D eigenvalue weighted by Crippen LogP contribution is 2.44. The molecule has 5 rings (SSSR count). The zero-order chi connectivity index (χ0) is 22.7. The molecule has 0 aliphatic rings.